The fourth-order valence-corrected chi connectivity index (χ4v) is 5.09. The molecular formula is C26H38N8O3. The van der Waals surface area contributed by atoms with Crippen LogP contribution < -0.4 is 15.5 Å². The van der Waals surface area contributed by atoms with Gasteiger partial charge in [0.25, 0.3) is 0 Å². The fourth-order valence-electron chi connectivity index (χ4n) is 5.09. The first kappa shape index (κ1) is 26.8. The molecule has 0 spiro atoms. The molecule has 2 aliphatic rings. The van der Waals surface area contributed by atoms with E-state index in [-0.39, 0.29) is 17.8 Å². The SMILES string of the molecule is CNC.C[C@@H](O)CN1CCN(c2ccc(Nc3ncc4cc(C(=O)O)n(C5CCCC5)c4n3)nc2)CC1. The Morgan fingerprint density at radius 3 is 2.41 bits per heavy atom. The highest BCUT2D eigenvalue weighted by Gasteiger charge is 2.25. The number of aliphatic hydroxyl groups is 1. The summed E-state index contributed by atoms with van der Waals surface area (Å²) >= 11 is 0. The Morgan fingerprint density at radius 2 is 1.81 bits per heavy atom. The quantitative estimate of drug-likeness (QED) is 0.376. The minimum Gasteiger partial charge on any atom is -0.477 e. The van der Waals surface area contributed by atoms with Crippen LogP contribution in [0.3, 0.4) is 0 Å². The third kappa shape index (κ3) is 6.54. The van der Waals surface area contributed by atoms with Crippen LogP contribution >= 0.6 is 0 Å². The monoisotopic (exact) mass is 510 g/mol. The van der Waals surface area contributed by atoms with Gasteiger partial charge in [-0.05, 0) is 52.1 Å². The Balaban J connectivity index is 0.00000102. The average molecular weight is 511 g/mol. The maximum Gasteiger partial charge on any atom is 0.352 e. The normalized spacial score (nSPS) is 17.5. The number of aromatic carboxylic acids is 1. The Morgan fingerprint density at radius 1 is 1.11 bits per heavy atom. The third-order valence-corrected chi connectivity index (χ3v) is 6.73. The zero-order chi connectivity index (χ0) is 26.4. The lowest BCUT2D eigenvalue weighted by Gasteiger charge is -2.36. The molecule has 200 valence electrons. The molecule has 1 saturated heterocycles. The fraction of sp³-hybridized carbons (Fsp3) is 0.538. The van der Waals surface area contributed by atoms with E-state index in [1.807, 2.05) is 43.9 Å². The number of carbonyl (C=O) groups is 1. The minimum atomic E-state index is -0.941. The Hall–Kier alpha value is -3.28. The molecule has 1 aliphatic heterocycles. The third-order valence-electron chi connectivity index (χ3n) is 6.73. The number of fused-ring (bicyclic) bond motifs is 1. The lowest BCUT2D eigenvalue weighted by molar-refractivity contribution is 0.0683. The van der Waals surface area contributed by atoms with Gasteiger partial charge in [0.2, 0.25) is 5.95 Å². The van der Waals surface area contributed by atoms with Gasteiger partial charge in [-0.2, -0.15) is 4.98 Å². The van der Waals surface area contributed by atoms with Crippen molar-refractivity contribution >= 4 is 34.5 Å². The number of hydrogen-bond donors (Lipinski definition) is 4. The highest BCUT2D eigenvalue weighted by atomic mass is 16.4. The molecule has 0 unspecified atom stereocenters. The van der Waals surface area contributed by atoms with Crippen LogP contribution in [0.4, 0.5) is 17.5 Å². The van der Waals surface area contributed by atoms with Crippen LogP contribution in [0.15, 0.2) is 30.6 Å². The molecule has 4 N–H and O–H groups in total. The number of nitrogens with one attached hydrogen (secondary N) is 2. The van der Waals surface area contributed by atoms with Gasteiger partial charge in [-0.1, -0.05) is 12.8 Å². The second kappa shape index (κ2) is 12.3. The number of β-amino-alcohol motifs (C(OH)–C–C–N with tert-alkyl or cyclic N) is 1. The molecule has 5 rings (SSSR count). The number of aliphatic hydroxyl groups excluding tert-OH is 1. The Kier molecular flexibility index (Phi) is 8.91. The highest BCUT2D eigenvalue weighted by molar-refractivity contribution is 5.93. The molecule has 0 radical (unpaired) electrons. The van der Waals surface area contributed by atoms with E-state index in [4.69, 9.17) is 0 Å². The van der Waals surface area contributed by atoms with Crippen molar-refractivity contribution in [3.63, 3.8) is 0 Å². The number of nitrogens with zero attached hydrogens (tertiary/aromatic N) is 6. The van der Waals surface area contributed by atoms with E-state index >= 15 is 0 Å². The van der Waals surface area contributed by atoms with E-state index in [1.54, 1.807) is 12.3 Å². The first-order chi connectivity index (χ1) is 17.9. The van der Waals surface area contributed by atoms with Crippen LogP contribution in [0, 0.1) is 0 Å². The van der Waals surface area contributed by atoms with Crippen LogP contribution in [0.1, 0.15) is 49.1 Å². The number of carboxylic acid groups (broad SMARTS) is 1. The molecule has 4 heterocycles. The first-order valence-corrected chi connectivity index (χ1v) is 13.0. The Labute approximate surface area is 217 Å². The largest absolute Gasteiger partial charge is 0.477 e. The number of pyridine rings is 1. The van der Waals surface area contributed by atoms with Crippen molar-refractivity contribution in [2.75, 3.05) is 57.0 Å². The maximum atomic E-state index is 11.8. The van der Waals surface area contributed by atoms with Crippen molar-refractivity contribution in [1.82, 2.24) is 29.7 Å². The van der Waals surface area contributed by atoms with Gasteiger partial charge in [-0.25, -0.2) is 14.8 Å². The van der Waals surface area contributed by atoms with Crippen LogP contribution in [0.25, 0.3) is 11.0 Å². The van der Waals surface area contributed by atoms with E-state index in [2.05, 4.69) is 35.4 Å². The lowest BCUT2D eigenvalue weighted by atomic mass is 10.2. The van der Waals surface area contributed by atoms with Crippen molar-refractivity contribution in [1.29, 1.82) is 0 Å². The van der Waals surface area contributed by atoms with E-state index < -0.39 is 5.97 Å². The van der Waals surface area contributed by atoms with Gasteiger partial charge in [-0.15, -0.1) is 0 Å². The molecule has 1 atom stereocenters. The standard InChI is InChI=1S/C24H31N7O3.C2H7N/c1-16(32)15-29-8-10-30(11-9-29)19-6-7-21(25-14-19)27-24-26-13-17-12-20(23(33)34)31(22(17)28-24)18-4-2-3-5-18;1-3-2/h6-7,12-14,16,18,32H,2-5,8-11,15H2,1H3,(H,33,34)(H,25,26,27,28);3H,1-2H3/t16-;/m1./s1. The topological polar surface area (TPSA) is 132 Å². The van der Waals surface area contributed by atoms with Crippen molar-refractivity contribution < 1.29 is 15.0 Å². The summed E-state index contributed by atoms with van der Waals surface area (Å²) < 4.78 is 1.87. The molecule has 0 amide bonds. The van der Waals surface area contributed by atoms with Gasteiger partial charge < -0.3 is 30.3 Å². The van der Waals surface area contributed by atoms with Gasteiger partial charge in [0, 0.05) is 50.3 Å². The van der Waals surface area contributed by atoms with Crippen molar-refractivity contribution in [3.8, 4) is 0 Å². The molecule has 37 heavy (non-hydrogen) atoms. The van der Waals surface area contributed by atoms with Gasteiger partial charge >= 0.3 is 5.97 Å². The summed E-state index contributed by atoms with van der Waals surface area (Å²) in [6, 6.07) is 5.75. The summed E-state index contributed by atoms with van der Waals surface area (Å²) in [7, 11) is 3.75. The summed E-state index contributed by atoms with van der Waals surface area (Å²) in [5.74, 6) is 0.0883. The molecule has 0 aromatic carbocycles. The smallest absolute Gasteiger partial charge is 0.352 e. The molecule has 11 heteroatoms. The van der Waals surface area contributed by atoms with Gasteiger partial charge in [0.15, 0.2) is 0 Å². The number of anilines is 3. The van der Waals surface area contributed by atoms with Gasteiger partial charge in [-0.3, -0.25) is 4.90 Å². The molecule has 0 bridgehead atoms. The second-order valence-electron chi connectivity index (χ2n) is 9.78. The van der Waals surface area contributed by atoms with Gasteiger partial charge in [0.05, 0.1) is 18.0 Å². The summed E-state index contributed by atoms with van der Waals surface area (Å²) in [5.41, 5.74) is 1.97. The molecule has 2 fully saturated rings. The highest BCUT2D eigenvalue weighted by Crippen LogP contribution is 2.34. The predicted octanol–water partition coefficient (Wildman–Crippen LogP) is 2.72. The van der Waals surface area contributed by atoms with Crippen molar-refractivity contribution in [3.05, 3.63) is 36.3 Å². The summed E-state index contributed by atoms with van der Waals surface area (Å²) in [4.78, 5) is 30.0. The number of rotatable bonds is 7. The van der Waals surface area contributed by atoms with Crippen LogP contribution in [0.2, 0.25) is 0 Å². The summed E-state index contributed by atoms with van der Waals surface area (Å²) in [6.07, 6.45) is 7.34. The molecule has 3 aromatic rings. The van der Waals surface area contributed by atoms with E-state index in [0.717, 1.165) is 62.9 Å². The first-order valence-electron chi connectivity index (χ1n) is 13.0. The van der Waals surface area contributed by atoms with Crippen LogP contribution in [-0.2, 0) is 0 Å². The van der Waals surface area contributed by atoms with Crippen molar-refractivity contribution in [2.24, 2.45) is 0 Å². The average Bonchev–Trinajstić information content (AvgIpc) is 3.53. The van der Waals surface area contributed by atoms with E-state index in [9.17, 15) is 15.0 Å². The molecule has 11 nitrogen and oxygen atoms in total. The summed E-state index contributed by atoms with van der Waals surface area (Å²) in [5, 5.41) is 25.9. The maximum absolute atomic E-state index is 11.8. The number of piperazine rings is 1. The number of hydrogen-bond acceptors (Lipinski definition) is 9. The zero-order valence-corrected chi connectivity index (χ0v) is 21.9. The zero-order valence-electron chi connectivity index (χ0n) is 21.9. The Bertz CT molecular complexity index is 1170. The van der Waals surface area contributed by atoms with Gasteiger partial charge in [0.1, 0.15) is 17.2 Å². The second-order valence-corrected chi connectivity index (χ2v) is 9.78. The van der Waals surface area contributed by atoms with Crippen LogP contribution in [-0.4, -0.2) is 93.5 Å². The predicted molar refractivity (Wildman–Crippen MR) is 145 cm³/mol. The molecule has 1 aliphatic carbocycles. The summed E-state index contributed by atoms with van der Waals surface area (Å²) in [6.45, 7) is 6.14. The van der Waals surface area contributed by atoms with Crippen molar-refractivity contribution in [2.45, 2.75) is 44.8 Å². The molecular weight excluding hydrogens is 472 g/mol. The lowest BCUT2D eigenvalue weighted by Crippen LogP contribution is -2.48. The minimum absolute atomic E-state index is 0.157. The molecule has 1 saturated carbocycles. The number of aromatic nitrogens is 4. The molecule has 3 aromatic heterocycles. The van der Waals surface area contributed by atoms with E-state index in [1.165, 1.54) is 0 Å². The van der Waals surface area contributed by atoms with Crippen LogP contribution in [0.5, 0.6) is 0 Å². The number of carboxylic acids is 1. The van der Waals surface area contributed by atoms with E-state index in [0.29, 0.717) is 24.0 Å².